The van der Waals surface area contributed by atoms with Crippen LogP contribution in [0.15, 0.2) is 46.6 Å². The van der Waals surface area contributed by atoms with Gasteiger partial charge < -0.3 is 35.3 Å². The lowest BCUT2D eigenvalue weighted by Crippen LogP contribution is -2.45. The van der Waals surface area contributed by atoms with Gasteiger partial charge in [0, 0.05) is 28.8 Å². The number of carbonyl (C=O) groups is 1. The van der Waals surface area contributed by atoms with Crippen LogP contribution < -0.4 is 10.9 Å². The van der Waals surface area contributed by atoms with E-state index in [4.69, 9.17) is 4.74 Å². The fourth-order valence-corrected chi connectivity index (χ4v) is 8.42. The highest BCUT2D eigenvalue weighted by Crippen LogP contribution is 2.42. The first-order chi connectivity index (χ1) is 23.4. The molecule has 2 aliphatic rings. The number of phenols is 1. The van der Waals surface area contributed by atoms with E-state index >= 15 is 0 Å². The van der Waals surface area contributed by atoms with E-state index in [1.54, 1.807) is 12.1 Å². The van der Waals surface area contributed by atoms with Gasteiger partial charge in [-0.05, 0) is 99.8 Å². The molecule has 2 atom stereocenters. The number of piperidine rings is 1. The van der Waals surface area contributed by atoms with Crippen LogP contribution >= 0.6 is 11.3 Å². The van der Waals surface area contributed by atoms with Crippen LogP contribution in [0.4, 0.5) is 0 Å². The van der Waals surface area contributed by atoms with E-state index in [0.717, 1.165) is 82.4 Å². The van der Waals surface area contributed by atoms with Gasteiger partial charge in [0.05, 0.1) is 18.2 Å². The number of aliphatic hydroxyl groups is 2. The summed E-state index contributed by atoms with van der Waals surface area (Å²) in [7, 11) is 0. The van der Waals surface area contributed by atoms with Crippen LogP contribution in [0.5, 0.6) is 5.75 Å². The number of H-pyrrole nitrogens is 1. The SMILES string of the molecule is O=C(OCC1CCN(CCCCCCCCCNCC(O)c2ccc(O)c3[nH]c(=O)ccc23)CC1)C(O)(c1cccs1)C1CCCCC1. The van der Waals surface area contributed by atoms with Crippen molar-refractivity contribution in [3.8, 4) is 5.75 Å². The summed E-state index contributed by atoms with van der Waals surface area (Å²) in [6.45, 7) is 4.89. The summed E-state index contributed by atoms with van der Waals surface area (Å²) in [4.78, 5) is 30.8. The van der Waals surface area contributed by atoms with Crippen LogP contribution in [0.3, 0.4) is 0 Å². The molecular weight excluding hydrogens is 627 g/mol. The molecule has 1 aliphatic heterocycles. The molecule has 5 N–H and O–H groups in total. The Balaban J connectivity index is 0.879. The van der Waals surface area contributed by atoms with Crippen LogP contribution in [0, 0.1) is 11.8 Å². The number of phenolic OH excluding ortho intramolecular Hbond substituents is 1. The predicted octanol–water partition coefficient (Wildman–Crippen LogP) is 6.37. The van der Waals surface area contributed by atoms with E-state index < -0.39 is 17.7 Å². The molecule has 9 nitrogen and oxygen atoms in total. The molecule has 0 spiro atoms. The Morgan fingerprint density at radius 3 is 2.44 bits per heavy atom. The zero-order valence-corrected chi connectivity index (χ0v) is 29.2. The Morgan fingerprint density at radius 2 is 1.71 bits per heavy atom. The summed E-state index contributed by atoms with van der Waals surface area (Å²) in [6.07, 6.45) is 14.8. The van der Waals surface area contributed by atoms with Gasteiger partial charge in [-0.1, -0.05) is 63.5 Å². The number of pyridine rings is 1. The normalized spacial score (nSPS) is 18.5. The molecule has 0 amide bonds. The molecule has 1 saturated heterocycles. The maximum Gasteiger partial charge on any atom is 0.344 e. The van der Waals surface area contributed by atoms with Gasteiger partial charge in [0.15, 0.2) is 5.60 Å². The Bertz CT molecular complexity index is 1460. The van der Waals surface area contributed by atoms with E-state index in [-0.39, 0.29) is 17.2 Å². The van der Waals surface area contributed by atoms with Crippen molar-refractivity contribution < 1.29 is 24.9 Å². The molecule has 2 fully saturated rings. The number of likely N-dealkylation sites (tertiary alicyclic amines) is 1. The number of nitrogens with one attached hydrogen (secondary N) is 2. The summed E-state index contributed by atoms with van der Waals surface area (Å²) in [5.74, 6) is -0.147. The van der Waals surface area contributed by atoms with Gasteiger partial charge in [0.2, 0.25) is 5.56 Å². The van der Waals surface area contributed by atoms with Gasteiger partial charge >= 0.3 is 5.97 Å². The zero-order chi connectivity index (χ0) is 33.8. The maximum atomic E-state index is 13.3. The van der Waals surface area contributed by atoms with Crippen LogP contribution in [0.2, 0.25) is 0 Å². The smallest absolute Gasteiger partial charge is 0.344 e. The third kappa shape index (κ3) is 9.69. The number of carbonyl (C=O) groups excluding carboxylic acids is 1. The van der Waals surface area contributed by atoms with Gasteiger partial charge in [0.25, 0.3) is 0 Å². The largest absolute Gasteiger partial charge is 0.506 e. The molecule has 264 valence electrons. The van der Waals surface area contributed by atoms with Crippen LogP contribution in [0.25, 0.3) is 10.9 Å². The number of ether oxygens (including phenoxy) is 1. The zero-order valence-electron chi connectivity index (χ0n) is 28.3. The molecule has 48 heavy (non-hydrogen) atoms. The lowest BCUT2D eigenvalue weighted by molar-refractivity contribution is -0.177. The number of fused-ring (bicyclic) bond motifs is 1. The number of benzene rings is 1. The summed E-state index contributed by atoms with van der Waals surface area (Å²) < 4.78 is 5.84. The number of thiophene rings is 1. The van der Waals surface area contributed by atoms with Crippen molar-refractivity contribution >= 4 is 28.2 Å². The van der Waals surface area contributed by atoms with Crippen LogP contribution in [-0.4, -0.2) is 70.5 Å². The molecule has 3 heterocycles. The van der Waals surface area contributed by atoms with Gasteiger partial charge in [-0.15, -0.1) is 11.3 Å². The average molecular weight is 682 g/mol. The second kappa shape index (κ2) is 18.3. The minimum Gasteiger partial charge on any atom is -0.506 e. The first kappa shape index (κ1) is 36.5. The molecule has 10 heteroatoms. The minimum absolute atomic E-state index is 0.00166. The maximum absolute atomic E-state index is 13.3. The summed E-state index contributed by atoms with van der Waals surface area (Å²) in [6, 6.07) is 10.0. The van der Waals surface area contributed by atoms with Gasteiger partial charge in [-0.3, -0.25) is 4.79 Å². The molecule has 1 aromatic carbocycles. The number of unbranched alkanes of at least 4 members (excludes halogenated alkanes) is 6. The van der Waals surface area contributed by atoms with Crippen molar-refractivity contribution in [2.45, 2.75) is 102 Å². The summed E-state index contributed by atoms with van der Waals surface area (Å²) >= 11 is 1.45. The number of aliphatic hydroxyl groups excluding tert-OH is 1. The molecular formula is C38H55N3O6S. The quantitative estimate of drug-likeness (QED) is 0.0772. The first-order valence-electron chi connectivity index (χ1n) is 18.3. The number of nitrogens with zero attached hydrogens (tertiary/aromatic N) is 1. The lowest BCUT2D eigenvalue weighted by atomic mass is 9.76. The molecule has 2 unspecified atom stereocenters. The highest BCUT2D eigenvalue weighted by molar-refractivity contribution is 7.10. The summed E-state index contributed by atoms with van der Waals surface area (Å²) in [5, 5.41) is 38.3. The highest BCUT2D eigenvalue weighted by atomic mass is 32.1. The third-order valence-electron chi connectivity index (χ3n) is 10.5. The Kier molecular flexibility index (Phi) is 13.9. The topological polar surface area (TPSA) is 135 Å². The van der Waals surface area contributed by atoms with Crippen LogP contribution in [-0.2, 0) is 15.1 Å². The second-order valence-corrected chi connectivity index (χ2v) is 14.9. The molecule has 5 rings (SSSR count). The van der Waals surface area contributed by atoms with Crippen LogP contribution in [0.1, 0.15) is 106 Å². The molecule has 2 aromatic heterocycles. The summed E-state index contributed by atoms with van der Waals surface area (Å²) in [5.41, 5.74) is -0.753. The van der Waals surface area contributed by atoms with Crippen molar-refractivity contribution in [2.75, 3.05) is 39.3 Å². The molecule has 1 aliphatic carbocycles. The van der Waals surface area contributed by atoms with Crippen molar-refractivity contribution in [2.24, 2.45) is 11.8 Å². The number of aromatic amines is 1. The predicted molar refractivity (Wildman–Crippen MR) is 191 cm³/mol. The fourth-order valence-electron chi connectivity index (χ4n) is 7.53. The van der Waals surface area contributed by atoms with E-state index in [1.807, 2.05) is 17.5 Å². The number of hydrogen-bond acceptors (Lipinski definition) is 9. The Labute approximate surface area is 288 Å². The Morgan fingerprint density at radius 1 is 0.979 bits per heavy atom. The number of aromatic nitrogens is 1. The van der Waals surface area contributed by atoms with E-state index in [1.165, 1.54) is 62.0 Å². The van der Waals surface area contributed by atoms with Crippen molar-refractivity contribution in [1.82, 2.24) is 15.2 Å². The number of aromatic hydroxyl groups is 1. The minimum atomic E-state index is -1.51. The van der Waals surface area contributed by atoms with Gasteiger partial charge in [-0.25, -0.2) is 4.79 Å². The molecule has 1 saturated carbocycles. The number of esters is 1. The van der Waals surface area contributed by atoms with E-state index in [0.29, 0.717) is 35.5 Å². The first-order valence-corrected chi connectivity index (χ1v) is 19.1. The van der Waals surface area contributed by atoms with Gasteiger partial charge in [0.1, 0.15) is 5.75 Å². The number of rotatable bonds is 18. The molecule has 3 aromatic rings. The standard InChI is InChI=1S/C38H55N3O6S/c42-32-17-15-30(31-16-18-35(44)40-36(31)32)33(43)26-39-21-9-4-2-1-3-5-10-22-41-23-19-28(20-24-41)27-47-37(45)38(46,34-14-11-25-48-34)29-12-7-6-8-13-29/h11,14-18,25,28-29,33,39,42-43,46H,1-10,12-13,19-24,26-27H2,(H,40,44). The lowest BCUT2D eigenvalue weighted by Gasteiger charge is -2.36. The van der Waals surface area contributed by atoms with Gasteiger partial charge in [-0.2, -0.15) is 0 Å². The monoisotopic (exact) mass is 681 g/mol. The average Bonchev–Trinajstić information content (AvgIpc) is 3.66. The van der Waals surface area contributed by atoms with E-state index in [9.17, 15) is 24.9 Å². The third-order valence-corrected chi connectivity index (χ3v) is 11.5. The molecule has 0 bridgehead atoms. The fraction of sp³-hybridized carbons (Fsp3) is 0.632. The van der Waals surface area contributed by atoms with Crippen molar-refractivity contribution in [3.05, 3.63) is 62.6 Å². The van der Waals surface area contributed by atoms with E-state index in [2.05, 4.69) is 15.2 Å². The van der Waals surface area contributed by atoms with Crippen molar-refractivity contribution in [1.29, 1.82) is 0 Å². The second-order valence-electron chi connectivity index (χ2n) is 13.9. The Hall–Kier alpha value is -2.76. The number of hydrogen-bond donors (Lipinski definition) is 5. The highest BCUT2D eigenvalue weighted by Gasteiger charge is 2.48. The van der Waals surface area contributed by atoms with Crippen molar-refractivity contribution in [3.63, 3.8) is 0 Å². The molecule has 0 radical (unpaired) electrons.